The summed E-state index contributed by atoms with van der Waals surface area (Å²) >= 11 is 0. The molecule has 0 spiro atoms. The normalized spacial score (nSPS) is 15.9. The third-order valence-corrected chi connectivity index (χ3v) is 7.08. The second kappa shape index (κ2) is 8.48. The highest BCUT2D eigenvalue weighted by Crippen LogP contribution is 2.48. The molecule has 1 aromatic heterocycles. The largest absolute Gasteiger partial charge is 0.497 e. The van der Waals surface area contributed by atoms with Crippen molar-refractivity contribution < 1.29 is 9.53 Å². The van der Waals surface area contributed by atoms with Gasteiger partial charge in [0.2, 0.25) is 0 Å². The highest BCUT2D eigenvalue weighted by Gasteiger charge is 2.42. The molecule has 2 unspecified atom stereocenters. The molecule has 35 heavy (non-hydrogen) atoms. The van der Waals surface area contributed by atoms with E-state index in [4.69, 9.17) is 4.74 Å². The average Bonchev–Trinajstić information content (AvgIpc) is 3.44. The topological polar surface area (TPSA) is 45.3 Å². The van der Waals surface area contributed by atoms with E-state index in [1.165, 1.54) is 0 Å². The van der Waals surface area contributed by atoms with Gasteiger partial charge in [0.25, 0.3) is 5.91 Å². The molecule has 1 aliphatic heterocycles. The number of aromatic nitrogens is 1. The summed E-state index contributed by atoms with van der Waals surface area (Å²) in [5.74, 6) is 0.855. The van der Waals surface area contributed by atoms with Crippen LogP contribution < -0.4 is 4.74 Å². The molecule has 2 atom stereocenters. The summed E-state index contributed by atoms with van der Waals surface area (Å²) in [5.41, 5.74) is 7.10. The minimum Gasteiger partial charge on any atom is -0.497 e. The van der Waals surface area contributed by atoms with Gasteiger partial charge in [0.1, 0.15) is 5.75 Å². The van der Waals surface area contributed by atoms with E-state index in [1.54, 1.807) is 7.11 Å². The molecule has 2 heterocycles. The van der Waals surface area contributed by atoms with Crippen LogP contribution in [0.25, 0.3) is 22.2 Å². The maximum atomic E-state index is 13.9. The van der Waals surface area contributed by atoms with Gasteiger partial charge in [-0.15, -0.1) is 0 Å². The number of rotatable bonds is 5. The van der Waals surface area contributed by atoms with Crippen LogP contribution in [0.1, 0.15) is 46.1 Å². The molecule has 4 heteroatoms. The van der Waals surface area contributed by atoms with Crippen molar-refractivity contribution in [3.05, 3.63) is 125 Å². The Hall–Kier alpha value is -4.31. The molecule has 1 N–H and O–H groups in total. The first-order valence-electron chi connectivity index (χ1n) is 11.9. The molecule has 0 aliphatic carbocycles. The van der Waals surface area contributed by atoms with Crippen LogP contribution in [0.4, 0.5) is 0 Å². The summed E-state index contributed by atoms with van der Waals surface area (Å²) in [5, 5.41) is 1.12. The fraction of sp³-hybridized carbons (Fsp3) is 0.129. The molecule has 6 rings (SSSR count). The predicted octanol–water partition coefficient (Wildman–Crippen LogP) is 7.15. The first kappa shape index (κ1) is 21.2. The number of nitrogens with zero attached hydrogens (tertiary/aromatic N) is 1. The molecule has 4 nitrogen and oxygen atoms in total. The zero-order valence-electron chi connectivity index (χ0n) is 19.7. The highest BCUT2D eigenvalue weighted by atomic mass is 16.5. The number of ether oxygens (including phenoxy) is 1. The fourth-order valence-corrected chi connectivity index (χ4v) is 5.38. The van der Waals surface area contributed by atoms with Gasteiger partial charge in [-0.05, 0) is 42.3 Å². The number of aromatic amines is 1. The zero-order chi connectivity index (χ0) is 23.9. The quantitative estimate of drug-likeness (QED) is 0.304. The Labute approximate surface area is 204 Å². The minimum absolute atomic E-state index is 0.0591. The Morgan fingerprint density at radius 2 is 1.60 bits per heavy atom. The lowest BCUT2D eigenvalue weighted by Gasteiger charge is -2.32. The summed E-state index contributed by atoms with van der Waals surface area (Å²) in [7, 11) is 1.68. The molecule has 172 valence electrons. The Balaban J connectivity index is 1.63. The van der Waals surface area contributed by atoms with Crippen LogP contribution in [0.3, 0.4) is 0 Å². The van der Waals surface area contributed by atoms with E-state index < -0.39 is 0 Å². The molecule has 1 aliphatic rings. The molecule has 0 radical (unpaired) electrons. The number of benzene rings is 4. The predicted molar refractivity (Wildman–Crippen MR) is 140 cm³/mol. The van der Waals surface area contributed by atoms with E-state index in [-0.39, 0.29) is 18.0 Å². The average molecular weight is 459 g/mol. The Kier molecular flexibility index (Phi) is 5.14. The number of carbonyl (C=O) groups excluding carboxylic acids is 1. The van der Waals surface area contributed by atoms with Crippen LogP contribution in [0.15, 0.2) is 103 Å². The maximum absolute atomic E-state index is 13.9. The zero-order valence-corrected chi connectivity index (χ0v) is 19.7. The van der Waals surface area contributed by atoms with Crippen molar-refractivity contribution in [3.8, 4) is 17.0 Å². The van der Waals surface area contributed by atoms with E-state index in [0.717, 1.165) is 50.2 Å². The first-order chi connectivity index (χ1) is 17.2. The highest BCUT2D eigenvalue weighted by molar-refractivity contribution is 6.02. The summed E-state index contributed by atoms with van der Waals surface area (Å²) in [4.78, 5) is 19.6. The molecule has 0 saturated carbocycles. The number of hydrogen-bond donors (Lipinski definition) is 1. The van der Waals surface area contributed by atoms with Crippen LogP contribution in [-0.2, 0) is 0 Å². The third-order valence-electron chi connectivity index (χ3n) is 7.08. The maximum Gasteiger partial charge on any atom is 0.255 e. The van der Waals surface area contributed by atoms with Crippen molar-refractivity contribution in [2.75, 3.05) is 7.11 Å². The van der Waals surface area contributed by atoms with Gasteiger partial charge < -0.3 is 14.6 Å². The van der Waals surface area contributed by atoms with Crippen LogP contribution in [-0.4, -0.2) is 22.9 Å². The van der Waals surface area contributed by atoms with Gasteiger partial charge in [-0.3, -0.25) is 4.79 Å². The Morgan fingerprint density at radius 1 is 0.857 bits per heavy atom. The van der Waals surface area contributed by atoms with Gasteiger partial charge in [0, 0.05) is 27.6 Å². The molecule has 0 bridgehead atoms. The lowest BCUT2D eigenvalue weighted by atomic mass is 9.92. The number of nitrogens with one attached hydrogen (secondary N) is 1. The monoisotopic (exact) mass is 458 g/mol. The lowest BCUT2D eigenvalue weighted by Crippen LogP contribution is -2.31. The molecule has 0 fully saturated rings. The standard InChI is InChI=1S/C31H26N2O2/c1-20(21-11-4-3-5-12-21)33-30(24-15-6-7-16-25(24)31(33)34)28-26-17-8-9-18-27(26)32-29(28)22-13-10-14-23(19-22)35-2/h3-20,30,32H,1-2H3. The number of H-pyrrole nitrogens is 1. The van der Waals surface area contributed by atoms with E-state index in [1.807, 2.05) is 65.6 Å². The summed E-state index contributed by atoms with van der Waals surface area (Å²) < 4.78 is 5.53. The summed E-state index contributed by atoms with van der Waals surface area (Å²) in [6.07, 6.45) is 0. The van der Waals surface area contributed by atoms with Crippen molar-refractivity contribution in [3.63, 3.8) is 0 Å². The van der Waals surface area contributed by atoms with Crippen LogP contribution in [0, 0.1) is 0 Å². The molecule has 1 amide bonds. The minimum atomic E-state index is -0.230. The number of para-hydroxylation sites is 1. The fourth-order valence-electron chi connectivity index (χ4n) is 5.38. The molecule has 4 aromatic carbocycles. The van der Waals surface area contributed by atoms with Gasteiger partial charge in [0.15, 0.2) is 0 Å². The summed E-state index contributed by atoms with van der Waals surface area (Å²) in [6, 6.07) is 34.3. The first-order valence-corrected chi connectivity index (χ1v) is 11.9. The van der Waals surface area contributed by atoms with Crippen molar-refractivity contribution in [2.24, 2.45) is 0 Å². The van der Waals surface area contributed by atoms with Crippen LogP contribution in [0.2, 0.25) is 0 Å². The number of carbonyl (C=O) groups is 1. The van der Waals surface area contributed by atoms with Crippen molar-refractivity contribution in [2.45, 2.75) is 19.0 Å². The third kappa shape index (κ3) is 3.41. The Morgan fingerprint density at radius 3 is 2.43 bits per heavy atom. The molecule has 5 aromatic rings. The molecular weight excluding hydrogens is 432 g/mol. The van der Waals surface area contributed by atoms with Gasteiger partial charge in [-0.1, -0.05) is 78.9 Å². The summed E-state index contributed by atoms with van der Waals surface area (Å²) in [6.45, 7) is 2.12. The SMILES string of the molecule is COc1cccc(-c2[nH]c3ccccc3c2C2c3ccccc3C(=O)N2C(C)c2ccccc2)c1. The smallest absolute Gasteiger partial charge is 0.255 e. The number of methoxy groups -OCH3 is 1. The van der Waals surface area contributed by atoms with Crippen LogP contribution >= 0.6 is 0 Å². The second-order valence-corrected chi connectivity index (χ2v) is 8.98. The van der Waals surface area contributed by atoms with Gasteiger partial charge in [0.05, 0.1) is 24.9 Å². The van der Waals surface area contributed by atoms with E-state index >= 15 is 0 Å². The number of hydrogen-bond acceptors (Lipinski definition) is 2. The molecular formula is C31H26N2O2. The van der Waals surface area contributed by atoms with Gasteiger partial charge >= 0.3 is 0 Å². The van der Waals surface area contributed by atoms with Gasteiger partial charge in [-0.2, -0.15) is 0 Å². The second-order valence-electron chi connectivity index (χ2n) is 8.98. The number of fused-ring (bicyclic) bond motifs is 2. The lowest BCUT2D eigenvalue weighted by molar-refractivity contribution is 0.0678. The van der Waals surface area contributed by atoms with E-state index in [0.29, 0.717) is 0 Å². The van der Waals surface area contributed by atoms with Gasteiger partial charge in [-0.25, -0.2) is 0 Å². The van der Waals surface area contributed by atoms with Crippen molar-refractivity contribution >= 4 is 16.8 Å². The van der Waals surface area contributed by atoms with Crippen molar-refractivity contribution in [1.82, 2.24) is 9.88 Å². The molecule has 0 saturated heterocycles. The van der Waals surface area contributed by atoms with Crippen molar-refractivity contribution in [1.29, 1.82) is 0 Å². The number of amides is 1. The van der Waals surface area contributed by atoms with E-state index in [2.05, 4.69) is 54.4 Å². The Bertz CT molecular complexity index is 1540. The van der Waals surface area contributed by atoms with Crippen LogP contribution in [0.5, 0.6) is 5.75 Å². The van der Waals surface area contributed by atoms with E-state index in [9.17, 15) is 4.79 Å².